The Kier molecular flexibility index (Phi) is 6.35. The van der Waals surface area contributed by atoms with Crippen LogP contribution in [-0.2, 0) is 9.53 Å². The number of benzene rings is 1. The number of hydrogen-bond acceptors (Lipinski definition) is 4. The highest BCUT2D eigenvalue weighted by atomic mass is 19.1. The van der Waals surface area contributed by atoms with Crippen molar-refractivity contribution in [3.05, 3.63) is 35.6 Å². The molecule has 6 nitrogen and oxygen atoms in total. The predicted octanol–water partition coefficient (Wildman–Crippen LogP) is 2.25. The van der Waals surface area contributed by atoms with E-state index in [0.717, 1.165) is 12.8 Å². The van der Waals surface area contributed by atoms with Gasteiger partial charge in [-0.05, 0) is 57.8 Å². The van der Waals surface area contributed by atoms with Gasteiger partial charge < -0.3 is 15.0 Å². The van der Waals surface area contributed by atoms with Crippen molar-refractivity contribution >= 4 is 11.8 Å². The van der Waals surface area contributed by atoms with Crippen LogP contribution in [0.25, 0.3) is 0 Å². The summed E-state index contributed by atoms with van der Waals surface area (Å²) < 4.78 is 20.4. The molecule has 1 atom stereocenters. The van der Waals surface area contributed by atoms with E-state index in [0.29, 0.717) is 31.8 Å². The molecule has 3 rings (SSSR count). The molecule has 0 radical (unpaired) electrons. The predicted molar refractivity (Wildman–Crippen MR) is 104 cm³/mol. The number of carbonyl (C=O) groups excluding carboxylic acids is 2. The molecular formula is C21H30FN3O3. The first-order valence-electron chi connectivity index (χ1n) is 9.98. The first-order chi connectivity index (χ1) is 13.3. The van der Waals surface area contributed by atoms with Gasteiger partial charge in [0.25, 0.3) is 5.91 Å². The van der Waals surface area contributed by atoms with Gasteiger partial charge in [-0.25, -0.2) is 4.39 Å². The summed E-state index contributed by atoms with van der Waals surface area (Å²) in [5.74, 6) is -0.752. The Labute approximate surface area is 166 Å². The van der Waals surface area contributed by atoms with E-state index in [1.165, 1.54) is 17.0 Å². The van der Waals surface area contributed by atoms with Crippen LogP contribution < -0.4 is 5.32 Å². The van der Waals surface area contributed by atoms with Crippen LogP contribution in [0.2, 0.25) is 0 Å². The third-order valence-corrected chi connectivity index (χ3v) is 5.80. The third kappa shape index (κ3) is 4.20. The van der Waals surface area contributed by atoms with Crippen molar-refractivity contribution in [3.63, 3.8) is 0 Å². The summed E-state index contributed by atoms with van der Waals surface area (Å²) >= 11 is 0. The average molecular weight is 391 g/mol. The number of amides is 2. The highest BCUT2D eigenvalue weighted by Crippen LogP contribution is 2.43. The molecule has 1 heterocycles. The number of carbonyl (C=O) groups is 2. The fraction of sp³-hybridized carbons (Fsp3) is 0.619. The summed E-state index contributed by atoms with van der Waals surface area (Å²) in [7, 11) is 3.86. The van der Waals surface area contributed by atoms with Crippen molar-refractivity contribution < 1.29 is 18.7 Å². The molecule has 1 aliphatic carbocycles. The number of halogens is 1. The molecule has 28 heavy (non-hydrogen) atoms. The topological polar surface area (TPSA) is 61.9 Å². The standard InChI is InChI=1S/C21H30FN3O3/c1-15-8-10-21(11-9-15)25(20(27)16-6-4-5-7-17(16)22)18(14-28-21)19(26)23-12-13-24(2)3/h4-7,15,18H,8-14H2,1-3H3,(H,23,26)/t15?,18-,21?/m1/s1. The summed E-state index contributed by atoms with van der Waals surface area (Å²) in [5.41, 5.74) is -0.841. The Hall–Kier alpha value is -1.99. The quantitative estimate of drug-likeness (QED) is 0.836. The Morgan fingerprint density at radius 3 is 2.61 bits per heavy atom. The fourth-order valence-corrected chi connectivity index (χ4v) is 4.07. The Balaban J connectivity index is 1.86. The maximum atomic E-state index is 14.3. The first kappa shape index (κ1) is 20.7. The van der Waals surface area contributed by atoms with Crippen molar-refractivity contribution in [1.82, 2.24) is 15.1 Å². The number of likely N-dealkylation sites (N-methyl/N-ethyl adjacent to an activating group) is 1. The van der Waals surface area contributed by atoms with Crippen LogP contribution in [0.15, 0.2) is 24.3 Å². The Morgan fingerprint density at radius 2 is 1.96 bits per heavy atom. The molecule has 1 aromatic rings. The van der Waals surface area contributed by atoms with Crippen molar-refractivity contribution in [1.29, 1.82) is 0 Å². The molecular weight excluding hydrogens is 361 g/mol. The molecule has 2 amide bonds. The lowest BCUT2D eigenvalue weighted by molar-refractivity contribution is -0.127. The SMILES string of the molecule is CC1CCC2(CC1)OC[C@H](C(=O)NCCN(C)C)N2C(=O)c1ccccc1F. The molecule has 2 fully saturated rings. The van der Waals surface area contributed by atoms with Crippen LogP contribution in [0.3, 0.4) is 0 Å². The van der Waals surface area contributed by atoms with E-state index < -0.39 is 23.5 Å². The third-order valence-electron chi connectivity index (χ3n) is 5.80. The van der Waals surface area contributed by atoms with Crippen LogP contribution in [-0.4, -0.2) is 67.2 Å². The lowest BCUT2D eigenvalue weighted by atomic mass is 9.83. The van der Waals surface area contributed by atoms with E-state index in [-0.39, 0.29) is 18.1 Å². The van der Waals surface area contributed by atoms with Gasteiger partial charge in [0, 0.05) is 13.1 Å². The van der Waals surface area contributed by atoms with Crippen LogP contribution in [0.4, 0.5) is 4.39 Å². The summed E-state index contributed by atoms with van der Waals surface area (Å²) in [4.78, 5) is 29.7. The van der Waals surface area contributed by atoms with Gasteiger partial charge in [0.05, 0.1) is 12.2 Å². The minimum absolute atomic E-state index is 0.0166. The van der Waals surface area contributed by atoms with Crippen molar-refractivity contribution in [2.24, 2.45) is 5.92 Å². The minimum Gasteiger partial charge on any atom is -0.353 e. The largest absolute Gasteiger partial charge is 0.353 e. The highest BCUT2D eigenvalue weighted by molar-refractivity contribution is 5.98. The first-order valence-corrected chi connectivity index (χ1v) is 9.98. The van der Waals surface area contributed by atoms with Gasteiger partial charge in [-0.3, -0.25) is 14.5 Å². The summed E-state index contributed by atoms with van der Waals surface area (Å²) in [5, 5.41) is 2.89. The molecule has 1 spiro atoms. The van der Waals surface area contributed by atoms with E-state index in [1.807, 2.05) is 19.0 Å². The van der Waals surface area contributed by atoms with Gasteiger partial charge in [0.1, 0.15) is 17.6 Å². The second-order valence-corrected chi connectivity index (χ2v) is 8.20. The average Bonchev–Trinajstić information content (AvgIpc) is 3.03. The molecule has 0 bridgehead atoms. The molecule has 2 aliphatic rings. The van der Waals surface area contributed by atoms with Crippen molar-refractivity contribution in [2.75, 3.05) is 33.8 Å². The lowest BCUT2D eigenvalue weighted by Gasteiger charge is -2.43. The van der Waals surface area contributed by atoms with Gasteiger partial charge in [0.15, 0.2) is 0 Å². The zero-order chi connectivity index (χ0) is 20.3. The van der Waals surface area contributed by atoms with Gasteiger partial charge in [0.2, 0.25) is 5.91 Å². The zero-order valence-corrected chi connectivity index (χ0v) is 16.9. The van der Waals surface area contributed by atoms with Crippen LogP contribution in [0, 0.1) is 11.7 Å². The van der Waals surface area contributed by atoms with Crippen LogP contribution >= 0.6 is 0 Å². The maximum Gasteiger partial charge on any atom is 0.259 e. The number of rotatable bonds is 5. The molecule has 0 unspecified atom stereocenters. The fourth-order valence-electron chi connectivity index (χ4n) is 4.07. The van der Waals surface area contributed by atoms with Crippen molar-refractivity contribution in [2.45, 2.75) is 44.4 Å². The van der Waals surface area contributed by atoms with E-state index in [1.54, 1.807) is 12.1 Å². The van der Waals surface area contributed by atoms with Crippen molar-refractivity contribution in [3.8, 4) is 0 Å². The maximum absolute atomic E-state index is 14.3. The van der Waals surface area contributed by atoms with Gasteiger partial charge >= 0.3 is 0 Å². The van der Waals surface area contributed by atoms with Crippen LogP contribution in [0.5, 0.6) is 0 Å². The number of ether oxygens (including phenoxy) is 1. The minimum atomic E-state index is -0.824. The van der Waals surface area contributed by atoms with Gasteiger partial charge in [-0.15, -0.1) is 0 Å². The molecule has 7 heteroatoms. The van der Waals surface area contributed by atoms with E-state index >= 15 is 0 Å². The smallest absolute Gasteiger partial charge is 0.259 e. The van der Waals surface area contributed by atoms with E-state index in [2.05, 4.69) is 12.2 Å². The molecule has 1 saturated heterocycles. The van der Waals surface area contributed by atoms with E-state index in [9.17, 15) is 14.0 Å². The van der Waals surface area contributed by atoms with Gasteiger partial charge in [-0.2, -0.15) is 0 Å². The second-order valence-electron chi connectivity index (χ2n) is 8.20. The summed E-state index contributed by atoms with van der Waals surface area (Å²) in [6.45, 7) is 3.50. The number of nitrogens with zero attached hydrogens (tertiary/aromatic N) is 2. The Bertz CT molecular complexity index is 717. The Morgan fingerprint density at radius 1 is 1.29 bits per heavy atom. The summed E-state index contributed by atoms with van der Waals surface area (Å²) in [6, 6.07) is 5.18. The van der Waals surface area contributed by atoms with E-state index in [4.69, 9.17) is 4.74 Å². The molecule has 1 N–H and O–H groups in total. The summed E-state index contributed by atoms with van der Waals surface area (Å²) in [6.07, 6.45) is 3.15. The molecule has 154 valence electrons. The van der Waals surface area contributed by atoms with Gasteiger partial charge in [-0.1, -0.05) is 19.1 Å². The lowest BCUT2D eigenvalue weighted by Crippen LogP contribution is -2.57. The zero-order valence-electron chi connectivity index (χ0n) is 16.9. The normalized spacial score (nSPS) is 27.4. The number of hydrogen-bond donors (Lipinski definition) is 1. The molecule has 1 aliphatic heterocycles. The van der Waals surface area contributed by atoms with Crippen LogP contribution in [0.1, 0.15) is 43.0 Å². The molecule has 1 aromatic carbocycles. The monoisotopic (exact) mass is 391 g/mol. The number of nitrogens with one attached hydrogen (secondary N) is 1. The molecule has 1 saturated carbocycles. The highest BCUT2D eigenvalue weighted by Gasteiger charge is 2.53. The molecule has 0 aromatic heterocycles. The second kappa shape index (κ2) is 8.57.